The molecule has 0 aliphatic rings. The van der Waals surface area contributed by atoms with Gasteiger partial charge in [-0.25, -0.2) is 5.84 Å². The predicted octanol–water partition coefficient (Wildman–Crippen LogP) is 1.12. The lowest BCUT2D eigenvalue weighted by atomic mass is 9.93. The summed E-state index contributed by atoms with van der Waals surface area (Å²) in [5, 5.41) is 0. The molecule has 0 aromatic carbocycles. The number of carbonyl (C=O) groups excluding carboxylic acids is 1. The fraction of sp³-hybridized carbons (Fsp3) is 0.909. The van der Waals surface area contributed by atoms with Gasteiger partial charge in [-0.05, 0) is 34.2 Å². The fourth-order valence-electron chi connectivity index (χ4n) is 1.49. The topological polar surface area (TPSA) is 58.4 Å². The quantitative estimate of drug-likeness (QED) is 0.410. The molecule has 0 radical (unpaired) electrons. The van der Waals surface area contributed by atoms with Crippen molar-refractivity contribution in [1.82, 2.24) is 10.3 Å². The van der Waals surface area contributed by atoms with E-state index >= 15 is 0 Å². The Labute approximate surface area is 93.2 Å². The first-order valence-electron chi connectivity index (χ1n) is 5.51. The standard InChI is InChI=1S/C11H25N3O/c1-7-11(4,5)14(6)9(3)8(2)10(15)13-12/h8-9H,7,12H2,1-6H3,(H,13,15). The largest absolute Gasteiger partial charge is 0.298 e. The highest BCUT2D eigenvalue weighted by Gasteiger charge is 2.30. The lowest BCUT2D eigenvalue weighted by Crippen LogP contribution is -2.51. The number of hydrogen-bond donors (Lipinski definition) is 2. The summed E-state index contributed by atoms with van der Waals surface area (Å²) in [5.74, 6) is 4.92. The lowest BCUT2D eigenvalue weighted by Gasteiger charge is -2.41. The van der Waals surface area contributed by atoms with Crippen molar-refractivity contribution in [1.29, 1.82) is 0 Å². The third-order valence-corrected chi connectivity index (χ3v) is 3.71. The summed E-state index contributed by atoms with van der Waals surface area (Å²) < 4.78 is 0. The monoisotopic (exact) mass is 215 g/mol. The number of hydrogen-bond acceptors (Lipinski definition) is 3. The Hall–Kier alpha value is -0.610. The summed E-state index contributed by atoms with van der Waals surface area (Å²) in [4.78, 5) is 13.6. The Kier molecular flexibility index (Phi) is 5.24. The second-order valence-electron chi connectivity index (χ2n) is 4.81. The zero-order valence-electron chi connectivity index (χ0n) is 10.8. The van der Waals surface area contributed by atoms with Gasteiger partial charge >= 0.3 is 0 Å². The van der Waals surface area contributed by atoms with Crippen LogP contribution in [-0.4, -0.2) is 29.4 Å². The Morgan fingerprint density at radius 3 is 2.27 bits per heavy atom. The van der Waals surface area contributed by atoms with Crippen molar-refractivity contribution in [2.24, 2.45) is 11.8 Å². The minimum Gasteiger partial charge on any atom is -0.298 e. The van der Waals surface area contributed by atoms with Crippen LogP contribution in [-0.2, 0) is 4.79 Å². The number of nitrogens with zero attached hydrogens (tertiary/aromatic N) is 1. The Bertz CT molecular complexity index is 216. The molecule has 0 aliphatic carbocycles. The van der Waals surface area contributed by atoms with Gasteiger partial charge in [0.15, 0.2) is 0 Å². The van der Waals surface area contributed by atoms with Crippen molar-refractivity contribution in [2.75, 3.05) is 7.05 Å². The van der Waals surface area contributed by atoms with Gasteiger partial charge < -0.3 is 0 Å². The van der Waals surface area contributed by atoms with Crippen LogP contribution in [0.5, 0.6) is 0 Å². The third kappa shape index (κ3) is 3.47. The van der Waals surface area contributed by atoms with Gasteiger partial charge in [0, 0.05) is 11.6 Å². The van der Waals surface area contributed by atoms with Crippen molar-refractivity contribution >= 4 is 5.91 Å². The number of amides is 1. The van der Waals surface area contributed by atoms with E-state index in [1.807, 2.05) is 6.92 Å². The number of nitrogens with one attached hydrogen (secondary N) is 1. The molecular formula is C11H25N3O. The molecule has 0 bridgehead atoms. The van der Waals surface area contributed by atoms with Crippen LogP contribution in [0, 0.1) is 5.92 Å². The highest BCUT2D eigenvalue weighted by molar-refractivity contribution is 5.78. The molecule has 0 saturated carbocycles. The first-order valence-corrected chi connectivity index (χ1v) is 5.51. The van der Waals surface area contributed by atoms with Gasteiger partial charge in [0.25, 0.3) is 0 Å². The number of rotatable bonds is 5. The second kappa shape index (κ2) is 5.47. The highest BCUT2D eigenvalue weighted by Crippen LogP contribution is 2.22. The maximum atomic E-state index is 11.4. The van der Waals surface area contributed by atoms with Crippen molar-refractivity contribution < 1.29 is 4.79 Å². The molecule has 0 fully saturated rings. The Morgan fingerprint density at radius 1 is 1.47 bits per heavy atom. The summed E-state index contributed by atoms with van der Waals surface area (Å²) in [6.45, 7) is 10.5. The second-order valence-corrected chi connectivity index (χ2v) is 4.81. The third-order valence-electron chi connectivity index (χ3n) is 3.71. The van der Waals surface area contributed by atoms with Crippen molar-refractivity contribution in [3.8, 4) is 0 Å². The summed E-state index contributed by atoms with van der Waals surface area (Å²) in [7, 11) is 2.05. The van der Waals surface area contributed by atoms with Gasteiger partial charge in [0.2, 0.25) is 5.91 Å². The van der Waals surface area contributed by atoms with E-state index in [1.165, 1.54) is 0 Å². The molecular weight excluding hydrogens is 190 g/mol. The molecule has 15 heavy (non-hydrogen) atoms. The van der Waals surface area contributed by atoms with Crippen LogP contribution in [0.25, 0.3) is 0 Å². The van der Waals surface area contributed by atoms with E-state index in [-0.39, 0.29) is 23.4 Å². The van der Waals surface area contributed by atoms with E-state index in [0.717, 1.165) is 6.42 Å². The van der Waals surface area contributed by atoms with Crippen LogP contribution < -0.4 is 11.3 Å². The van der Waals surface area contributed by atoms with Crippen LogP contribution in [0.4, 0.5) is 0 Å². The van der Waals surface area contributed by atoms with Crippen molar-refractivity contribution in [3.63, 3.8) is 0 Å². The van der Waals surface area contributed by atoms with Crippen LogP contribution >= 0.6 is 0 Å². The van der Waals surface area contributed by atoms with E-state index < -0.39 is 0 Å². The average Bonchev–Trinajstić information content (AvgIpc) is 2.24. The van der Waals surface area contributed by atoms with Gasteiger partial charge in [-0.3, -0.25) is 15.1 Å². The Morgan fingerprint density at radius 2 is 1.93 bits per heavy atom. The molecule has 2 unspecified atom stereocenters. The summed E-state index contributed by atoms with van der Waals surface area (Å²) in [6.07, 6.45) is 1.05. The molecule has 0 aromatic rings. The number of carbonyl (C=O) groups is 1. The Balaban J connectivity index is 4.57. The minimum absolute atomic E-state index is 0.0998. The highest BCUT2D eigenvalue weighted by atomic mass is 16.2. The van der Waals surface area contributed by atoms with Gasteiger partial charge in [0.1, 0.15) is 0 Å². The molecule has 90 valence electrons. The molecule has 0 aromatic heterocycles. The molecule has 0 rings (SSSR count). The number of nitrogens with two attached hydrogens (primary N) is 1. The van der Waals surface area contributed by atoms with E-state index in [4.69, 9.17) is 5.84 Å². The van der Waals surface area contributed by atoms with Crippen LogP contribution in [0.15, 0.2) is 0 Å². The lowest BCUT2D eigenvalue weighted by molar-refractivity contribution is -0.127. The fourth-order valence-corrected chi connectivity index (χ4v) is 1.49. The predicted molar refractivity (Wildman–Crippen MR) is 63.1 cm³/mol. The molecule has 4 heteroatoms. The maximum Gasteiger partial charge on any atom is 0.238 e. The van der Waals surface area contributed by atoms with E-state index in [9.17, 15) is 4.79 Å². The molecule has 3 N–H and O–H groups in total. The van der Waals surface area contributed by atoms with Crippen molar-refractivity contribution in [2.45, 2.75) is 52.6 Å². The van der Waals surface area contributed by atoms with Crippen molar-refractivity contribution in [3.05, 3.63) is 0 Å². The van der Waals surface area contributed by atoms with Gasteiger partial charge in [0.05, 0.1) is 5.92 Å². The zero-order chi connectivity index (χ0) is 12.2. The normalized spacial score (nSPS) is 16.3. The summed E-state index contributed by atoms with van der Waals surface area (Å²) >= 11 is 0. The van der Waals surface area contributed by atoms with Gasteiger partial charge in [-0.15, -0.1) is 0 Å². The molecule has 1 amide bonds. The average molecular weight is 215 g/mol. The SMILES string of the molecule is CCC(C)(C)N(C)C(C)C(C)C(=O)NN. The van der Waals surface area contributed by atoms with Crippen LogP contribution in [0.2, 0.25) is 0 Å². The number of hydrazine groups is 1. The van der Waals surface area contributed by atoms with Gasteiger partial charge in [-0.1, -0.05) is 13.8 Å². The first-order chi connectivity index (χ1) is 6.77. The maximum absolute atomic E-state index is 11.4. The molecule has 0 saturated heterocycles. The smallest absolute Gasteiger partial charge is 0.238 e. The van der Waals surface area contributed by atoms with E-state index in [0.29, 0.717) is 0 Å². The molecule has 4 nitrogen and oxygen atoms in total. The molecule has 0 spiro atoms. The summed E-state index contributed by atoms with van der Waals surface area (Å²) in [5.41, 5.74) is 2.30. The minimum atomic E-state index is -0.110. The van der Waals surface area contributed by atoms with Gasteiger partial charge in [-0.2, -0.15) is 0 Å². The van der Waals surface area contributed by atoms with E-state index in [1.54, 1.807) is 0 Å². The summed E-state index contributed by atoms with van der Waals surface area (Å²) in [6, 6.07) is 0.170. The molecule has 2 atom stereocenters. The molecule has 0 heterocycles. The van der Waals surface area contributed by atoms with Crippen LogP contribution in [0.1, 0.15) is 41.0 Å². The van der Waals surface area contributed by atoms with Crippen LogP contribution in [0.3, 0.4) is 0 Å². The first kappa shape index (κ1) is 14.4. The van der Waals surface area contributed by atoms with E-state index in [2.05, 4.69) is 45.1 Å². The molecule has 0 aliphatic heterocycles. The zero-order valence-corrected chi connectivity index (χ0v) is 10.8.